The van der Waals surface area contributed by atoms with Gasteiger partial charge in [0.1, 0.15) is 0 Å². The molecule has 0 bridgehead atoms. The Morgan fingerprint density at radius 3 is 3.06 bits per heavy atom. The van der Waals surface area contributed by atoms with Crippen LogP contribution in [0.1, 0.15) is 12.0 Å². The molecule has 0 fully saturated rings. The third kappa shape index (κ3) is 2.29. The number of aromatic nitrogens is 2. The molecule has 90 valence electrons. The van der Waals surface area contributed by atoms with E-state index in [0.717, 1.165) is 23.9 Å². The molecule has 1 heterocycles. The van der Waals surface area contributed by atoms with Gasteiger partial charge in [0.05, 0.1) is 5.39 Å². The lowest BCUT2D eigenvalue weighted by molar-refractivity contribution is 0.864. The van der Waals surface area contributed by atoms with Gasteiger partial charge in [-0.2, -0.15) is 5.10 Å². The summed E-state index contributed by atoms with van der Waals surface area (Å²) < 4.78 is 0. The number of anilines is 1. The standard InChI is InChI=1S/C12H16N4O/c1-8-4-2-5-9-10(8)11(14-7-3-6-13)15-16-12(9)17/h2,4-5H,3,6-7,13H2,1H3,(H,14,15)(H,16,17). The number of aryl methyl sites for hydroxylation is 1. The van der Waals surface area contributed by atoms with Gasteiger partial charge in [-0.05, 0) is 31.5 Å². The first-order chi connectivity index (χ1) is 8.24. The summed E-state index contributed by atoms with van der Waals surface area (Å²) in [6.07, 6.45) is 0.869. The van der Waals surface area contributed by atoms with Crippen molar-refractivity contribution in [1.82, 2.24) is 10.2 Å². The number of benzene rings is 1. The highest BCUT2D eigenvalue weighted by molar-refractivity contribution is 5.93. The summed E-state index contributed by atoms with van der Waals surface area (Å²) in [7, 11) is 0. The first-order valence-electron chi connectivity index (χ1n) is 5.66. The van der Waals surface area contributed by atoms with Gasteiger partial charge in [-0.3, -0.25) is 4.79 Å². The van der Waals surface area contributed by atoms with Crippen LogP contribution in [0.5, 0.6) is 0 Å². The first kappa shape index (κ1) is 11.6. The number of fused-ring (bicyclic) bond motifs is 1. The van der Waals surface area contributed by atoms with Crippen LogP contribution < -0.4 is 16.6 Å². The second kappa shape index (κ2) is 4.97. The number of hydrogen-bond donors (Lipinski definition) is 3. The van der Waals surface area contributed by atoms with E-state index < -0.39 is 0 Å². The number of nitrogens with zero attached hydrogens (tertiary/aromatic N) is 1. The van der Waals surface area contributed by atoms with E-state index in [2.05, 4.69) is 15.5 Å². The molecular formula is C12H16N4O. The molecule has 1 aromatic heterocycles. The Morgan fingerprint density at radius 1 is 1.47 bits per heavy atom. The van der Waals surface area contributed by atoms with E-state index in [4.69, 9.17) is 5.73 Å². The van der Waals surface area contributed by atoms with Crippen LogP contribution in [0.2, 0.25) is 0 Å². The first-order valence-corrected chi connectivity index (χ1v) is 5.66. The van der Waals surface area contributed by atoms with Crippen molar-refractivity contribution in [2.45, 2.75) is 13.3 Å². The highest BCUT2D eigenvalue weighted by Crippen LogP contribution is 2.21. The number of H-pyrrole nitrogens is 1. The van der Waals surface area contributed by atoms with E-state index in [-0.39, 0.29) is 5.56 Å². The van der Waals surface area contributed by atoms with Crippen LogP contribution in [0.15, 0.2) is 23.0 Å². The molecule has 5 heteroatoms. The van der Waals surface area contributed by atoms with E-state index >= 15 is 0 Å². The van der Waals surface area contributed by atoms with E-state index in [0.29, 0.717) is 17.7 Å². The maximum Gasteiger partial charge on any atom is 0.272 e. The number of nitrogens with two attached hydrogens (primary N) is 1. The number of rotatable bonds is 4. The maximum atomic E-state index is 11.6. The minimum absolute atomic E-state index is 0.159. The summed E-state index contributed by atoms with van der Waals surface area (Å²) >= 11 is 0. The van der Waals surface area contributed by atoms with Gasteiger partial charge in [-0.25, -0.2) is 5.10 Å². The van der Waals surface area contributed by atoms with Gasteiger partial charge in [0, 0.05) is 11.9 Å². The van der Waals surface area contributed by atoms with Crippen LogP contribution in [-0.4, -0.2) is 23.3 Å². The van der Waals surface area contributed by atoms with Crippen molar-refractivity contribution in [3.8, 4) is 0 Å². The van der Waals surface area contributed by atoms with Gasteiger partial charge in [-0.15, -0.1) is 0 Å². The highest BCUT2D eigenvalue weighted by Gasteiger charge is 2.07. The Kier molecular flexibility index (Phi) is 3.39. The third-order valence-electron chi connectivity index (χ3n) is 2.70. The van der Waals surface area contributed by atoms with Crippen molar-refractivity contribution in [1.29, 1.82) is 0 Å². The van der Waals surface area contributed by atoms with E-state index in [9.17, 15) is 4.79 Å². The normalized spacial score (nSPS) is 10.7. The quantitative estimate of drug-likeness (QED) is 0.686. The summed E-state index contributed by atoms with van der Waals surface area (Å²) in [5.41, 5.74) is 6.32. The van der Waals surface area contributed by atoms with Gasteiger partial charge in [0.25, 0.3) is 5.56 Å². The molecule has 0 atom stereocenters. The summed E-state index contributed by atoms with van der Waals surface area (Å²) in [6, 6.07) is 5.64. The monoisotopic (exact) mass is 232 g/mol. The van der Waals surface area contributed by atoms with Gasteiger partial charge in [-0.1, -0.05) is 12.1 Å². The van der Waals surface area contributed by atoms with E-state index in [1.807, 2.05) is 19.1 Å². The minimum Gasteiger partial charge on any atom is -0.368 e. The van der Waals surface area contributed by atoms with Crippen LogP contribution in [0.25, 0.3) is 10.8 Å². The number of hydrogen-bond acceptors (Lipinski definition) is 4. The molecule has 0 saturated heterocycles. The summed E-state index contributed by atoms with van der Waals surface area (Å²) in [5.74, 6) is 0.714. The van der Waals surface area contributed by atoms with Crippen molar-refractivity contribution in [3.63, 3.8) is 0 Å². The second-order valence-corrected chi connectivity index (χ2v) is 3.97. The zero-order valence-electron chi connectivity index (χ0n) is 9.79. The van der Waals surface area contributed by atoms with Gasteiger partial charge in [0.15, 0.2) is 5.82 Å². The van der Waals surface area contributed by atoms with Crippen molar-refractivity contribution < 1.29 is 0 Å². The number of nitrogens with one attached hydrogen (secondary N) is 2. The largest absolute Gasteiger partial charge is 0.368 e. The van der Waals surface area contributed by atoms with Gasteiger partial charge in [0.2, 0.25) is 0 Å². The summed E-state index contributed by atoms with van der Waals surface area (Å²) in [6.45, 7) is 3.35. The Labute approximate surface area is 99.0 Å². The van der Waals surface area contributed by atoms with Crippen LogP contribution >= 0.6 is 0 Å². The van der Waals surface area contributed by atoms with Crippen molar-refractivity contribution >= 4 is 16.6 Å². The average molecular weight is 232 g/mol. The second-order valence-electron chi connectivity index (χ2n) is 3.97. The SMILES string of the molecule is Cc1cccc2c(=O)[nH]nc(NCCCN)c12. The van der Waals surface area contributed by atoms with Crippen molar-refractivity contribution in [2.24, 2.45) is 5.73 Å². The fraction of sp³-hybridized carbons (Fsp3) is 0.333. The zero-order chi connectivity index (χ0) is 12.3. The Hall–Kier alpha value is -1.88. The molecule has 17 heavy (non-hydrogen) atoms. The fourth-order valence-electron chi connectivity index (χ4n) is 1.83. The van der Waals surface area contributed by atoms with Crippen LogP contribution in [-0.2, 0) is 0 Å². The van der Waals surface area contributed by atoms with Crippen LogP contribution in [0.4, 0.5) is 5.82 Å². The topological polar surface area (TPSA) is 83.8 Å². The maximum absolute atomic E-state index is 11.6. The third-order valence-corrected chi connectivity index (χ3v) is 2.70. The van der Waals surface area contributed by atoms with Crippen LogP contribution in [0, 0.1) is 6.92 Å². The molecule has 0 aliphatic heterocycles. The molecule has 2 rings (SSSR count). The van der Waals surface area contributed by atoms with Gasteiger partial charge < -0.3 is 11.1 Å². The molecule has 0 aliphatic rings. The Balaban J connectivity index is 2.49. The summed E-state index contributed by atoms with van der Waals surface area (Å²) in [5, 5.41) is 11.3. The Morgan fingerprint density at radius 2 is 2.29 bits per heavy atom. The van der Waals surface area contributed by atoms with Crippen molar-refractivity contribution in [3.05, 3.63) is 34.1 Å². The molecule has 0 unspecified atom stereocenters. The molecule has 1 aromatic carbocycles. The molecule has 0 saturated carbocycles. The smallest absolute Gasteiger partial charge is 0.272 e. The molecule has 0 radical (unpaired) electrons. The molecule has 5 nitrogen and oxygen atoms in total. The highest BCUT2D eigenvalue weighted by atomic mass is 16.1. The summed E-state index contributed by atoms with van der Waals surface area (Å²) in [4.78, 5) is 11.6. The zero-order valence-corrected chi connectivity index (χ0v) is 9.79. The predicted octanol–water partition coefficient (Wildman–Crippen LogP) is 0.992. The lowest BCUT2D eigenvalue weighted by atomic mass is 10.1. The molecular weight excluding hydrogens is 216 g/mol. The van der Waals surface area contributed by atoms with Crippen molar-refractivity contribution in [2.75, 3.05) is 18.4 Å². The Bertz CT molecular complexity index is 576. The van der Waals surface area contributed by atoms with E-state index in [1.54, 1.807) is 6.07 Å². The molecule has 0 aliphatic carbocycles. The lowest BCUT2D eigenvalue weighted by Crippen LogP contribution is -2.15. The molecule has 0 amide bonds. The minimum atomic E-state index is -0.159. The van der Waals surface area contributed by atoms with E-state index in [1.165, 1.54) is 0 Å². The molecule has 2 aromatic rings. The number of aromatic amines is 1. The lowest BCUT2D eigenvalue weighted by Gasteiger charge is -2.09. The fourth-order valence-corrected chi connectivity index (χ4v) is 1.83. The molecule has 0 spiro atoms. The average Bonchev–Trinajstić information content (AvgIpc) is 2.33. The predicted molar refractivity (Wildman–Crippen MR) is 69.3 cm³/mol. The van der Waals surface area contributed by atoms with Gasteiger partial charge >= 0.3 is 0 Å². The molecule has 4 N–H and O–H groups in total. The van der Waals surface area contributed by atoms with Crippen LogP contribution in [0.3, 0.4) is 0 Å².